The van der Waals surface area contributed by atoms with Crippen LogP contribution in [0.2, 0.25) is 10.0 Å². The van der Waals surface area contributed by atoms with E-state index < -0.39 is 76.3 Å². The first-order chi connectivity index (χ1) is 25.7. The van der Waals surface area contributed by atoms with E-state index in [1.54, 1.807) is 67.6 Å². The van der Waals surface area contributed by atoms with Crippen LogP contribution in [0.5, 0.6) is 5.75 Å². The molecular formula is C40H31Cl2F3N4O5. The van der Waals surface area contributed by atoms with E-state index in [-0.39, 0.29) is 29.3 Å². The molecule has 3 heterocycles. The van der Waals surface area contributed by atoms with E-state index in [1.165, 1.54) is 19.2 Å². The van der Waals surface area contributed by atoms with Gasteiger partial charge in [-0.25, -0.2) is 9.88 Å². The maximum absolute atomic E-state index is 15.3. The second-order valence-corrected chi connectivity index (χ2v) is 15.0. The summed E-state index contributed by atoms with van der Waals surface area (Å²) in [5, 5.41) is 12.4. The number of carbonyl (C=O) groups excluding carboxylic acids is 4. The molecule has 276 valence electrons. The Morgan fingerprint density at radius 2 is 1.63 bits per heavy atom. The van der Waals surface area contributed by atoms with Crippen LogP contribution in [0.1, 0.15) is 41.1 Å². The Kier molecular flexibility index (Phi) is 8.42. The number of anilines is 2. The lowest BCUT2D eigenvalue weighted by Crippen LogP contribution is -2.53. The molecule has 0 radical (unpaired) electrons. The maximum atomic E-state index is 15.3. The van der Waals surface area contributed by atoms with Crippen molar-refractivity contribution in [1.29, 1.82) is 0 Å². The molecule has 14 heteroatoms. The Labute approximate surface area is 317 Å². The summed E-state index contributed by atoms with van der Waals surface area (Å²) in [6, 6.07) is 22.1. The monoisotopic (exact) mass is 774 g/mol. The lowest BCUT2D eigenvalue weighted by atomic mass is 9.49. The molecular weight excluding hydrogens is 744 g/mol. The molecule has 54 heavy (non-hydrogen) atoms. The lowest BCUT2D eigenvalue weighted by Gasteiger charge is -2.50. The minimum Gasteiger partial charge on any atom is -0.508 e. The molecule has 0 unspecified atom stereocenters. The number of aromatic nitrogens is 1. The number of benzene rings is 3. The van der Waals surface area contributed by atoms with Gasteiger partial charge in [-0.1, -0.05) is 83.4 Å². The SMILES string of the molecule is Cc1cc([C@H]2C3=CC[C@@H]4C(=O)N(N(C)c5nc(C(F)(F)F)ccc5Cl)C(=O)[C@@H]4[C@@H]3C[C@H]3C(=O)N(c4cccc(Cl)c4)C(=O)[C@@]23c2ccccc2)ccc1O. The molecule has 3 fully saturated rings. The van der Waals surface area contributed by atoms with Gasteiger partial charge < -0.3 is 5.11 Å². The summed E-state index contributed by atoms with van der Waals surface area (Å²) in [6.07, 6.45) is -2.86. The fourth-order valence-corrected chi connectivity index (χ4v) is 9.58. The van der Waals surface area contributed by atoms with Crippen molar-refractivity contribution in [2.24, 2.45) is 23.7 Å². The molecule has 1 aromatic heterocycles. The largest absolute Gasteiger partial charge is 0.508 e. The number of aromatic hydroxyl groups is 1. The van der Waals surface area contributed by atoms with Crippen molar-refractivity contribution in [3.8, 4) is 5.75 Å². The smallest absolute Gasteiger partial charge is 0.433 e. The maximum Gasteiger partial charge on any atom is 0.433 e. The number of halogens is 5. The third-order valence-electron chi connectivity index (χ3n) is 11.4. The molecule has 9 nitrogen and oxygen atoms in total. The molecule has 0 spiro atoms. The Morgan fingerprint density at radius 1 is 0.889 bits per heavy atom. The molecule has 4 amide bonds. The quantitative estimate of drug-likeness (QED) is 0.164. The molecule has 2 aliphatic heterocycles. The van der Waals surface area contributed by atoms with E-state index in [0.29, 0.717) is 33.4 Å². The van der Waals surface area contributed by atoms with Crippen LogP contribution >= 0.6 is 23.2 Å². The minimum absolute atomic E-state index is 0.0102. The summed E-state index contributed by atoms with van der Waals surface area (Å²) in [7, 11) is 1.25. The number of hydrogen-bond donors (Lipinski definition) is 1. The highest BCUT2D eigenvalue weighted by Gasteiger charge is 2.70. The predicted molar refractivity (Wildman–Crippen MR) is 193 cm³/mol. The molecule has 4 aliphatic rings. The van der Waals surface area contributed by atoms with Gasteiger partial charge in [0.25, 0.3) is 11.8 Å². The second-order valence-electron chi connectivity index (χ2n) is 14.2. The van der Waals surface area contributed by atoms with Crippen molar-refractivity contribution in [3.63, 3.8) is 0 Å². The van der Waals surface area contributed by atoms with Crippen molar-refractivity contribution < 1.29 is 37.5 Å². The number of hydrogen-bond acceptors (Lipinski definition) is 7. The normalized spacial score (nSPS) is 26.4. The van der Waals surface area contributed by atoms with Crippen LogP contribution in [0.25, 0.3) is 0 Å². The van der Waals surface area contributed by atoms with Crippen molar-refractivity contribution in [1.82, 2.24) is 9.99 Å². The van der Waals surface area contributed by atoms with Gasteiger partial charge in [0.05, 0.1) is 33.9 Å². The van der Waals surface area contributed by atoms with Crippen molar-refractivity contribution in [2.45, 2.75) is 37.3 Å². The molecule has 2 saturated heterocycles. The number of aryl methyl sites for hydroxylation is 1. The number of imide groups is 2. The van der Waals surface area contributed by atoms with E-state index in [4.69, 9.17) is 23.2 Å². The van der Waals surface area contributed by atoms with Crippen LogP contribution < -0.4 is 9.91 Å². The summed E-state index contributed by atoms with van der Waals surface area (Å²) < 4.78 is 41.0. The zero-order chi connectivity index (χ0) is 38.4. The van der Waals surface area contributed by atoms with Gasteiger partial charge >= 0.3 is 6.18 Å². The third kappa shape index (κ3) is 5.17. The van der Waals surface area contributed by atoms with Gasteiger partial charge in [0.15, 0.2) is 5.82 Å². The topological polar surface area (TPSA) is 111 Å². The third-order valence-corrected chi connectivity index (χ3v) is 12.0. The van der Waals surface area contributed by atoms with Gasteiger partial charge in [0.1, 0.15) is 11.4 Å². The van der Waals surface area contributed by atoms with Crippen molar-refractivity contribution in [3.05, 3.63) is 129 Å². The number of allylic oxidation sites excluding steroid dienone is 2. The van der Waals surface area contributed by atoms with Gasteiger partial charge in [-0.2, -0.15) is 18.2 Å². The number of carbonyl (C=O) groups is 4. The summed E-state index contributed by atoms with van der Waals surface area (Å²) >= 11 is 12.7. The summed E-state index contributed by atoms with van der Waals surface area (Å²) in [6.45, 7) is 1.72. The average Bonchev–Trinajstić information content (AvgIpc) is 3.53. The number of phenolic OH excluding ortho intramolecular Hbond substituents is 1. The molecule has 3 aromatic carbocycles. The number of fused-ring (bicyclic) bond motifs is 4. The van der Waals surface area contributed by atoms with Gasteiger partial charge in [-0.05, 0) is 78.8 Å². The fraction of sp³-hybridized carbons (Fsp3) is 0.275. The average molecular weight is 776 g/mol. The predicted octanol–water partition coefficient (Wildman–Crippen LogP) is 7.64. The first-order valence-corrected chi connectivity index (χ1v) is 18.0. The molecule has 1 saturated carbocycles. The Balaban J connectivity index is 1.30. The van der Waals surface area contributed by atoms with Crippen molar-refractivity contribution in [2.75, 3.05) is 17.0 Å². The number of pyridine rings is 1. The van der Waals surface area contributed by atoms with E-state index in [0.717, 1.165) is 21.0 Å². The Bertz CT molecular complexity index is 2300. The molecule has 4 aromatic rings. The molecule has 8 rings (SSSR count). The molecule has 2 aliphatic carbocycles. The van der Waals surface area contributed by atoms with E-state index >= 15 is 4.79 Å². The van der Waals surface area contributed by atoms with E-state index in [2.05, 4.69) is 4.98 Å². The first kappa shape index (κ1) is 35.8. The zero-order valence-corrected chi connectivity index (χ0v) is 30.2. The highest BCUT2D eigenvalue weighted by atomic mass is 35.5. The van der Waals surface area contributed by atoms with E-state index in [1.807, 2.05) is 6.08 Å². The summed E-state index contributed by atoms with van der Waals surface area (Å²) in [5.74, 6) is -7.26. The number of nitrogens with zero attached hydrogens (tertiary/aromatic N) is 4. The second kappa shape index (κ2) is 12.7. The van der Waals surface area contributed by atoms with Crippen LogP contribution in [0.15, 0.2) is 96.6 Å². The van der Waals surface area contributed by atoms with Gasteiger partial charge in [-0.3, -0.25) is 24.2 Å². The van der Waals surface area contributed by atoms with Crippen LogP contribution in [0.4, 0.5) is 24.7 Å². The fourth-order valence-electron chi connectivity index (χ4n) is 9.17. The van der Waals surface area contributed by atoms with Crippen molar-refractivity contribution >= 4 is 58.3 Å². The Hall–Kier alpha value is -5.20. The lowest BCUT2D eigenvalue weighted by molar-refractivity contribution is -0.141. The number of amides is 4. The standard InChI is InChI=1S/C40H31Cl2F3N4O5/c1-20-17-21(11-15-30(20)50)33-25-12-13-26-32(37(53)49(35(26)51)47(2)34-29(42)14-16-31(46-34)40(43,44)45)27(25)19-28-36(52)48(24-10-6-9-23(41)18-24)38(54)39(28,33)22-7-4-3-5-8-22/h3-12,14-18,26-28,32-33,50H,13,19H2,1-2H3/t26-,27+,28-,32-,33-,39+/m0/s1. The Morgan fingerprint density at radius 3 is 2.31 bits per heavy atom. The number of phenols is 1. The number of hydrazine groups is 1. The summed E-state index contributed by atoms with van der Waals surface area (Å²) in [4.78, 5) is 63.7. The molecule has 6 atom stereocenters. The highest BCUT2D eigenvalue weighted by molar-refractivity contribution is 6.33. The first-order valence-electron chi connectivity index (χ1n) is 17.2. The number of alkyl halides is 3. The molecule has 1 N–H and O–H groups in total. The minimum atomic E-state index is -4.81. The summed E-state index contributed by atoms with van der Waals surface area (Å²) in [5.41, 5.74) is -0.0862. The van der Waals surface area contributed by atoms with Crippen LogP contribution in [0.3, 0.4) is 0 Å². The van der Waals surface area contributed by atoms with Crippen LogP contribution in [-0.2, 0) is 30.8 Å². The molecule has 0 bridgehead atoms. The van der Waals surface area contributed by atoms with Gasteiger partial charge in [0, 0.05) is 18.0 Å². The highest BCUT2D eigenvalue weighted by Crippen LogP contribution is 2.64. The van der Waals surface area contributed by atoms with Gasteiger partial charge in [-0.15, -0.1) is 0 Å². The van der Waals surface area contributed by atoms with Crippen LogP contribution in [-0.4, -0.2) is 45.8 Å². The van der Waals surface area contributed by atoms with Crippen LogP contribution in [0, 0.1) is 30.6 Å². The van der Waals surface area contributed by atoms with Gasteiger partial charge in [0.2, 0.25) is 11.8 Å². The van der Waals surface area contributed by atoms with E-state index in [9.17, 15) is 32.7 Å². The zero-order valence-electron chi connectivity index (χ0n) is 28.7. The number of rotatable bonds is 5.